The molecule has 2 aliphatic rings. The summed E-state index contributed by atoms with van der Waals surface area (Å²) >= 11 is 0. The number of carbonyl (C=O) groups is 1. The third-order valence-corrected chi connectivity index (χ3v) is 8.02. The van der Waals surface area contributed by atoms with Gasteiger partial charge in [0.1, 0.15) is 0 Å². The zero-order valence-corrected chi connectivity index (χ0v) is 20.8. The third-order valence-electron chi connectivity index (χ3n) is 6.17. The minimum atomic E-state index is -4.38. The van der Waals surface area contributed by atoms with Crippen LogP contribution in [0.3, 0.4) is 0 Å². The van der Waals surface area contributed by atoms with Gasteiger partial charge in [-0.2, -0.15) is 17.5 Å². The molecule has 7 nitrogen and oxygen atoms in total. The molecule has 1 saturated heterocycles. The molecule has 0 spiro atoms. The molecule has 2 heterocycles. The summed E-state index contributed by atoms with van der Waals surface area (Å²) in [6.45, 7) is 9.86. The maximum Gasteiger partial charge on any atom is 0.395 e. The molecule has 11 heteroatoms. The van der Waals surface area contributed by atoms with Crippen molar-refractivity contribution in [3.8, 4) is 0 Å². The molecule has 0 bridgehead atoms. The normalized spacial score (nSPS) is 20.3. The van der Waals surface area contributed by atoms with Crippen molar-refractivity contribution < 1.29 is 26.4 Å². The lowest BCUT2D eigenvalue weighted by Gasteiger charge is -2.27. The maximum absolute atomic E-state index is 13.1. The summed E-state index contributed by atoms with van der Waals surface area (Å²) in [5.41, 5.74) is 1.39. The Morgan fingerprint density at radius 2 is 1.85 bits per heavy atom. The smallest absolute Gasteiger partial charge is 0.346 e. The maximum atomic E-state index is 13.1. The molecule has 1 amide bonds. The topological polar surface area (TPSA) is 83.4 Å². The fraction of sp³-hybridized carbons (Fsp3) is 0.609. The van der Waals surface area contributed by atoms with Crippen molar-refractivity contribution in [3.63, 3.8) is 0 Å². The first-order chi connectivity index (χ1) is 15.7. The van der Waals surface area contributed by atoms with Gasteiger partial charge in [-0.15, -0.1) is 0 Å². The second kappa shape index (κ2) is 9.87. The van der Waals surface area contributed by atoms with Crippen molar-refractivity contribution in [1.82, 2.24) is 19.5 Å². The molecule has 1 atom stereocenters. The molecule has 190 valence electrons. The minimum absolute atomic E-state index is 0.101. The summed E-state index contributed by atoms with van der Waals surface area (Å²) in [5, 5.41) is 5.71. The molecule has 1 unspecified atom stereocenters. The largest absolute Gasteiger partial charge is 0.395 e. The average Bonchev–Trinajstić information content (AvgIpc) is 3.09. The van der Waals surface area contributed by atoms with Crippen molar-refractivity contribution in [3.05, 3.63) is 46.9 Å². The van der Waals surface area contributed by atoms with E-state index in [9.17, 15) is 26.4 Å². The number of halogens is 3. The van der Waals surface area contributed by atoms with Gasteiger partial charge >= 0.3 is 6.18 Å². The lowest BCUT2D eigenvalue weighted by molar-refractivity contribution is -0.160. The number of nitrogens with zero attached hydrogens (tertiary/aromatic N) is 2. The Morgan fingerprint density at radius 1 is 1.21 bits per heavy atom. The van der Waals surface area contributed by atoms with Gasteiger partial charge in [0.2, 0.25) is 10.0 Å². The van der Waals surface area contributed by atoms with Gasteiger partial charge in [-0.25, -0.2) is 8.42 Å². The lowest BCUT2D eigenvalue weighted by atomic mass is 9.92. The molecule has 2 N–H and O–H groups in total. The Hall–Kier alpha value is -2.11. The summed E-state index contributed by atoms with van der Waals surface area (Å²) in [6, 6.07) is 1.70. The molecule has 1 aromatic rings. The second-order valence-electron chi connectivity index (χ2n) is 9.76. The standard InChI is InChI=1S/C23H33F3N4O3S/c1-16-19(21(31)28-18-7-5-6-17(14-18)23(24,25)26)15-20(22(2,3)4)30(16)12-13-34(32,33)29-10-8-27-9-11-29/h5,7,14-15,17,27H,6,8-13H2,1-4H3,(H,28,31). The molecule has 3 rings (SSSR count). The molecule has 1 fully saturated rings. The van der Waals surface area contributed by atoms with Crippen LogP contribution in [0.25, 0.3) is 0 Å². The Labute approximate surface area is 199 Å². The molecule has 0 radical (unpaired) electrons. The highest BCUT2D eigenvalue weighted by Crippen LogP contribution is 2.33. The van der Waals surface area contributed by atoms with E-state index in [0.29, 0.717) is 37.4 Å². The summed E-state index contributed by atoms with van der Waals surface area (Å²) in [4.78, 5) is 13.0. The number of alkyl halides is 3. The summed E-state index contributed by atoms with van der Waals surface area (Å²) in [6.07, 6.45) is -0.650. The predicted octanol–water partition coefficient (Wildman–Crippen LogP) is 3.08. The molecule has 1 aliphatic carbocycles. The van der Waals surface area contributed by atoms with Crippen molar-refractivity contribution in [2.45, 2.75) is 52.3 Å². The van der Waals surface area contributed by atoms with Crippen LogP contribution in [0.15, 0.2) is 30.0 Å². The molecule has 1 aromatic heterocycles. The Bertz CT molecular complexity index is 1080. The van der Waals surface area contributed by atoms with E-state index in [1.807, 2.05) is 25.3 Å². The van der Waals surface area contributed by atoms with E-state index in [1.165, 1.54) is 16.5 Å². The van der Waals surface area contributed by atoms with Gasteiger partial charge in [0.25, 0.3) is 5.91 Å². The number of hydrogen-bond donors (Lipinski definition) is 2. The number of nitrogens with one attached hydrogen (secondary N) is 2. The van der Waals surface area contributed by atoms with Gasteiger partial charge in [-0.05, 0) is 31.6 Å². The third kappa shape index (κ3) is 6.11. The van der Waals surface area contributed by atoms with E-state index in [1.54, 1.807) is 13.0 Å². The summed E-state index contributed by atoms with van der Waals surface area (Å²) < 4.78 is 68.3. The molecular weight excluding hydrogens is 469 g/mol. The quantitative estimate of drug-likeness (QED) is 0.626. The monoisotopic (exact) mass is 502 g/mol. The van der Waals surface area contributed by atoms with Gasteiger partial charge in [-0.1, -0.05) is 26.8 Å². The first-order valence-electron chi connectivity index (χ1n) is 11.4. The zero-order valence-electron chi connectivity index (χ0n) is 20.0. The number of amides is 1. The first-order valence-corrected chi connectivity index (χ1v) is 13.0. The van der Waals surface area contributed by atoms with Crippen LogP contribution in [0, 0.1) is 12.8 Å². The first kappa shape index (κ1) is 26.5. The highest BCUT2D eigenvalue weighted by atomic mass is 32.2. The van der Waals surface area contributed by atoms with Crippen LogP contribution >= 0.6 is 0 Å². The molecule has 1 aliphatic heterocycles. The Morgan fingerprint density at radius 3 is 2.44 bits per heavy atom. The highest BCUT2D eigenvalue weighted by Gasteiger charge is 2.38. The number of piperazine rings is 1. The van der Waals surface area contributed by atoms with Gasteiger partial charge in [-0.3, -0.25) is 4.79 Å². The van der Waals surface area contributed by atoms with Crippen LogP contribution in [0.5, 0.6) is 0 Å². The number of allylic oxidation sites excluding steroid dienone is 3. The number of sulfonamides is 1. The fourth-order valence-electron chi connectivity index (χ4n) is 4.23. The van der Waals surface area contributed by atoms with Crippen LogP contribution in [0.4, 0.5) is 13.2 Å². The molecule has 0 aromatic carbocycles. The second-order valence-corrected chi connectivity index (χ2v) is 11.8. The van der Waals surface area contributed by atoms with Crippen LogP contribution in [0.2, 0.25) is 0 Å². The molecule has 0 saturated carbocycles. The number of rotatable bonds is 6. The van der Waals surface area contributed by atoms with Crippen LogP contribution in [0.1, 0.15) is 48.9 Å². The number of aromatic nitrogens is 1. The predicted molar refractivity (Wildman–Crippen MR) is 125 cm³/mol. The number of carbonyl (C=O) groups excluding carboxylic acids is 1. The van der Waals surface area contributed by atoms with E-state index in [4.69, 9.17) is 0 Å². The SMILES string of the molecule is Cc1c(C(=O)NC2=CC(C(F)(F)F)CC=C2)cc(C(C)(C)C)n1CCS(=O)(=O)N1CCNCC1. The summed E-state index contributed by atoms with van der Waals surface area (Å²) in [7, 11) is -3.47. The van der Waals surface area contributed by atoms with Crippen molar-refractivity contribution in [2.24, 2.45) is 5.92 Å². The van der Waals surface area contributed by atoms with Crippen LogP contribution in [-0.2, 0) is 22.0 Å². The lowest BCUT2D eigenvalue weighted by Crippen LogP contribution is -2.47. The van der Waals surface area contributed by atoms with Crippen molar-refractivity contribution in [1.29, 1.82) is 0 Å². The average molecular weight is 503 g/mol. The highest BCUT2D eigenvalue weighted by molar-refractivity contribution is 7.89. The fourth-order valence-corrected chi connectivity index (χ4v) is 5.65. The van der Waals surface area contributed by atoms with Gasteiger partial charge in [0, 0.05) is 55.2 Å². The zero-order chi connectivity index (χ0) is 25.3. The Balaban J connectivity index is 1.83. The van der Waals surface area contributed by atoms with Gasteiger partial charge in [0.15, 0.2) is 0 Å². The van der Waals surface area contributed by atoms with Crippen LogP contribution in [-0.4, -0.2) is 61.3 Å². The van der Waals surface area contributed by atoms with Gasteiger partial charge in [0.05, 0.1) is 17.2 Å². The van der Waals surface area contributed by atoms with Gasteiger partial charge < -0.3 is 15.2 Å². The van der Waals surface area contributed by atoms with Crippen LogP contribution < -0.4 is 10.6 Å². The van der Waals surface area contributed by atoms with Crippen molar-refractivity contribution >= 4 is 15.9 Å². The minimum Gasteiger partial charge on any atom is -0.346 e. The molecule has 34 heavy (non-hydrogen) atoms. The van der Waals surface area contributed by atoms with Crippen molar-refractivity contribution in [2.75, 3.05) is 31.9 Å². The van der Waals surface area contributed by atoms with E-state index in [2.05, 4.69) is 10.6 Å². The molecular formula is C23H33F3N4O3S. The van der Waals surface area contributed by atoms with E-state index >= 15 is 0 Å². The summed E-state index contributed by atoms with van der Waals surface area (Å²) in [5.74, 6) is -2.27. The van der Waals surface area contributed by atoms with E-state index in [-0.39, 0.29) is 29.8 Å². The van der Waals surface area contributed by atoms with E-state index in [0.717, 1.165) is 11.8 Å². The van der Waals surface area contributed by atoms with E-state index < -0.39 is 28.0 Å². The Kier molecular flexibility index (Phi) is 7.69. The number of hydrogen-bond acceptors (Lipinski definition) is 4.